The van der Waals surface area contributed by atoms with Gasteiger partial charge in [0.05, 0.1) is 5.92 Å². The van der Waals surface area contributed by atoms with E-state index in [0.29, 0.717) is 22.1 Å². The van der Waals surface area contributed by atoms with Gasteiger partial charge in [-0.15, -0.1) is 0 Å². The van der Waals surface area contributed by atoms with Crippen LogP contribution in [0.15, 0.2) is 78.9 Å². The fourth-order valence-electron chi connectivity index (χ4n) is 3.42. The molecule has 0 spiro atoms. The zero-order chi connectivity index (χ0) is 20.9. The average molecular weight is 418 g/mol. The van der Waals surface area contributed by atoms with E-state index in [-0.39, 0.29) is 17.8 Å². The van der Waals surface area contributed by atoms with Gasteiger partial charge in [0, 0.05) is 10.6 Å². The van der Waals surface area contributed by atoms with Gasteiger partial charge < -0.3 is 9.47 Å². The second kappa shape index (κ2) is 9.02. The van der Waals surface area contributed by atoms with E-state index in [1.165, 1.54) is 0 Å². The molecule has 1 fully saturated rings. The lowest BCUT2D eigenvalue weighted by Gasteiger charge is -2.19. The van der Waals surface area contributed by atoms with E-state index in [2.05, 4.69) is 6.07 Å². The van der Waals surface area contributed by atoms with E-state index in [9.17, 15) is 10.1 Å². The first kappa shape index (κ1) is 20.0. The lowest BCUT2D eigenvalue weighted by molar-refractivity contribution is -0.149. The minimum atomic E-state index is -1.01. The first-order chi connectivity index (χ1) is 14.6. The summed E-state index contributed by atoms with van der Waals surface area (Å²) in [5.74, 6) is 0.733. The van der Waals surface area contributed by atoms with Crippen LogP contribution in [0.5, 0.6) is 11.5 Å². The highest BCUT2D eigenvalue weighted by atomic mass is 35.5. The Labute approximate surface area is 180 Å². The number of hydrogen-bond acceptors (Lipinski definition) is 4. The van der Waals surface area contributed by atoms with Crippen LogP contribution >= 0.6 is 11.6 Å². The summed E-state index contributed by atoms with van der Waals surface area (Å²) in [5, 5.41) is 10.3. The van der Waals surface area contributed by atoms with Crippen molar-refractivity contribution < 1.29 is 14.3 Å². The van der Waals surface area contributed by atoms with Crippen LogP contribution in [0.1, 0.15) is 36.0 Å². The maximum Gasteiger partial charge on any atom is 0.315 e. The van der Waals surface area contributed by atoms with Gasteiger partial charge in [-0.25, -0.2) is 0 Å². The molecule has 0 radical (unpaired) electrons. The topological polar surface area (TPSA) is 59.3 Å². The second-order valence-electron chi connectivity index (χ2n) is 7.30. The van der Waals surface area contributed by atoms with Crippen molar-refractivity contribution in [1.29, 1.82) is 5.26 Å². The number of halogens is 1. The Bertz CT molecular complexity index is 1060. The van der Waals surface area contributed by atoms with E-state index >= 15 is 0 Å². The Kier molecular flexibility index (Phi) is 6.02. The van der Waals surface area contributed by atoms with Gasteiger partial charge in [-0.3, -0.25) is 4.79 Å². The normalized spacial score (nSPS) is 14.9. The summed E-state index contributed by atoms with van der Waals surface area (Å²) in [6.07, 6.45) is 0.936. The maximum absolute atomic E-state index is 13.0. The summed E-state index contributed by atoms with van der Waals surface area (Å²) in [5.41, 5.74) is 1.44. The van der Waals surface area contributed by atoms with Crippen LogP contribution in [-0.4, -0.2) is 5.97 Å². The number of esters is 1. The lowest BCUT2D eigenvalue weighted by Crippen LogP contribution is -2.20. The Hall–Kier alpha value is -3.29. The minimum Gasteiger partial charge on any atom is -0.457 e. The molecule has 150 valence electrons. The van der Waals surface area contributed by atoms with Crippen molar-refractivity contribution >= 4 is 17.6 Å². The fraction of sp³-hybridized carbons (Fsp3) is 0.200. The minimum absolute atomic E-state index is 0.241. The van der Waals surface area contributed by atoms with Crippen molar-refractivity contribution in [3.63, 3.8) is 0 Å². The molecule has 1 aliphatic rings. The summed E-state index contributed by atoms with van der Waals surface area (Å²) in [6.45, 7) is 0. The Morgan fingerprint density at radius 2 is 1.63 bits per heavy atom. The highest BCUT2D eigenvalue weighted by molar-refractivity contribution is 6.30. The zero-order valence-electron chi connectivity index (χ0n) is 16.2. The third kappa shape index (κ3) is 4.82. The highest BCUT2D eigenvalue weighted by Crippen LogP contribution is 2.44. The molecule has 0 heterocycles. The quantitative estimate of drug-likeness (QED) is 0.415. The number of nitrogens with zero attached hydrogens (tertiary/aromatic N) is 1. The highest BCUT2D eigenvalue weighted by Gasteiger charge is 2.39. The molecule has 0 saturated heterocycles. The summed E-state index contributed by atoms with van der Waals surface area (Å²) >= 11 is 5.98. The lowest BCUT2D eigenvalue weighted by atomic mass is 9.94. The molecule has 0 bridgehead atoms. The number of carbonyl (C=O) groups excluding carboxylic acids is 1. The number of hydrogen-bond donors (Lipinski definition) is 0. The van der Waals surface area contributed by atoms with Gasteiger partial charge >= 0.3 is 5.97 Å². The van der Waals surface area contributed by atoms with Crippen LogP contribution in [0.3, 0.4) is 0 Å². The number of benzene rings is 3. The van der Waals surface area contributed by atoms with Crippen molar-refractivity contribution in [2.45, 2.75) is 24.9 Å². The van der Waals surface area contributed by atoms with Gasteiger partial charge in [0.2, 0.25) is 6.10 Å². The number of nitriles is 1. The van der Waals surface area contributed by atoms with Gasteiger partial charge in [-0.05, 0) is 60.7 Å². The predicted octanol–water partition coefficient (Wildman–Crippen LogP) is 6.43. The SMILES string of the molecule is N#CC(OC(=O)C(c1ccc(Cl)cc1)C1CC1)c1cccc(Oc2ccccc2)c1. The second-order valence-corrected chi connectivity index (χ2v) is 7.74. The molecular formula is C25H20ClNO3. The van der Waals surface area contributed by atoms with Crippen LogP contribution in [0.25, 0.3) is 0 Å². The number of ether oxygens (including phenoxy) is 2. The third-order valence-electron chi connectivity index (χ3n) is 5.07. The van der Waals surface area contributed by atoms with Gasteiger partial charge in [0.1, 0.15) is 17.6 Å². The molecule has 4 rings (SSSR count). The van der Waals surface area contributed by atoms with Gasteiger partial charge in [-0.1, -0.05) is 54.1 Å². The number of para-hydroxylation sites is 1. The van der Waals surface area contributed by atoms with Crippen LogP contribution < -0.4 is 4.74 Å². The summed E-state index contributed by atoms with van der Waals surface area (Å²) in [7, 11) is 0. The molecule has 4 nitrogen and oxygen atoms in total. The first-order valence-electron chi connectivity index (χ1n) is 9.82. The first-order valence-corrected chi connectivity index (χ1v) is 10.2. The van der Waals surface area contributed by atoms with E-state index in [1.54, 1.807) is 36.4 Å². The molecule has 30 heavy (non-hydrogen) atoms. The van der Waals surface area contributed by atoms with Crippen LogP contribution in [0, 0.1) is 17.2 Å². The number of carbonyl (C=O) groups is 1. The van der Waals surface area contributed by atoms with Gasteiger partial charge in [0.15, 0.2) is 0 Å². The summed E-state index contributed by atoms with van der Waals surface area (Å²) in [6, 6.07) is 25.8. The molecule has 2 atom stereocenters. The molecule has 0 amide bonds. The Morgan fingerprint density at radius 3 is 2.30 bits per heavy atom. The summed E-state index contributed by atoms with van der Waals surface area (Å²) in [4.78, 5) is 13.0. The van der Waals surface area contributed by atoms with Crippen LogP contribution in [0.2, 0.25) is 5.02 Å². The molecule has 1 saturated carbocycles. The van der Waals surface area contributed by atoms with E-state index < -0.39 is 6.10 Å². The van der Waals surface area contributed by atoms with Crippen LogP contribution in [-0.2, 0) is 9.53 Å². The Morgan fingerprint density at radius 1 is 0.933 bits per heavy atom. The average Bonchev–Trinajstić information content (AvgIpc) is 3.59. The fourth-order valence-corrected chi connectivity index (χ4v) is 3.55. The monoisotopic (exact) mass is 417 g/mol. The van der Waals surface area contributed by atoms with E-state index in [1.807, 2.05) is 42.5 Å². The van der Waals surface area contributed by atoms with Crippen molar-refractivity contribution in [1.82, 2.24) is 0 Å². The molecule has 0 aliphatic heterocycles. The maximum atomic E-state index is 13.0. The largest absolute Gasteiger partial charge is 0.457 e. The molecule has 0 N–H and O–H groups in total. The van der Waals surface area contributed by atoms with Crippen molar-refractivity contribution in [2.75, 3.05) is 0 Å². The molecule has 5 heteroatoms. The predicted molar refractivity (Wildman–Crippen MR) is 114 cm³/mol. The van der Waals surface area contributed by atoms with Crippen molar-refractivity contribution in [3.05, 3.63) is 95.0 Å². The molecule has 0 aromatic heterocycles. The Balaban J connectivity index is 1.51. The van der Waals surface area contributed by atoms with Gasteiger partial charge in [-0.2, -0.15) is 5.26 Å². The summed E-state index contributed by atoms with van der Waals surface area (Å²) < 4.78 is 11.5. The molecular weight excluding hydrogens is 398 g/mol. The third-order valence-corrected chi connectivity index (χ3v) is 5.32. The van der Waals surface area contributed by atoms with Crippen LogP contribution in [0.4, 0.5) is 0 Å². The van der Waals surface area contributed by atoms with Gasteiger partial charge in [0.25, 0.3) is 0 Å². The molecule has 2 unspecified atom stereocenters. The smallest absolute Gasteiger partial charge is 0.315 e. The molecule has 3 aromatic carbocycles. The molecule has 3 aromatic rings. The van der Waals surface area contributed by atoms with Crippen molar-refractivity contribution in [2.24, 2.45) is 5.92 Å². The van der Waals surface area contributed by atoms with Crippen molar-refractivity contribution in [3.8, 4) is 17.6 Å². The van der Waals surface area contributed by atoms with E-state index in [0.717, 1.165) is 18.4 Å². The number of rotatable bonds is 7. The zero-order valence-corrected chi connectivity index (χ0v) is 17.0. The van der Waals surface area contributed by atoms with E-state index in [4.69, 9.17) is 21.1 Å². The molecule has 1 aliphatic carbocycles. The standard InChI is InChI=1S/C25H20ClNO3/c26-20-13-11-18(12-14-20)24(17-9-10-17)25(28)30-23(16-27)19-5-4-8-22(15-19)29-21-6-2-1-3-7-21/h1-8,11-15,17,23-24H,9-10H2.